The Labute approximate surface area is 89.8 Å². The fourth-order valence-electron chi connectivity index (χ4n) is 1.53. The van der Waals surface area contributed by atoms with E-state index in [0.29, 0.717) is 0 Å². The minimum Gasteiger partial charge on any atom is -0.871 e. The first-order valence-corrected chi connectivity index (χ1v) is 4.39. The van der Waals surface area contributed by atoms with Crippen LogP contribution in [-0.2, 0) is 0 Å². The lowest BCUT2D eigenvalue weighted by Crippen LogP contribution is -2.04. The maximum absolute atomic E-state index is 11.7. The van der Waals surface area contributed by atoms with Crippen LogP contribution < -0.4 is 5.11 Å². The highest BCUT2D eigenvalue weighted by Crippen LogP contribution is 2.35. The molecular formula is C11H7O5-. The van der Waals surface area contributed by atoms with Gasteiger partial charge in [-0.05, 0) is 23.6 Å². The van der Waals surface area contributed by atoms with Crippen LogP contribution in [0.5, 0.6) is 17.2 Å². The summed E-state index contributed by atoms with van der Waals surface area (Å²) in [7, 11) is 0. The highest BCUT2D eigenvalue weighted by Gasteiger charge is 2.11. The van der Waals surface area contributed by atoms with Gasteiger partial charge in [-0.2, -0.15) is 0 Å². The Hall–Kier alpha value is -2.43. The average Bonchev–Trinajstić information content (AvgIpc) is 2.22. The number of carbonyl (C=O) groups is 1. The lowest BCUT2D eigenvalue weighted by atomic mass is 10.0. The number of aromatic hydroxyl groups is 2. The van der Waals surface area contributed by atoms with Gasteiger partial charge in [-0.3, -0.25) is 0 Å². The number of phenols is 2. The van der Waals surface area contributed by atoms with Crippen LogP contribution in [0.3, 0.4) is 0 Å². The fourth-order valence-corrected chi connectivity index (χ4v) is 1.53. The van der Waals surface area contributed by atoms with Gasteiger partial charge in [0.25, 0.3) is 0 Å². The molecule has 0 fully saturated rings. The Bertz CT molecular complexity index is 588. The van der Waals surface area contributed by atoms with Crippen LogP contribution in [0.4, 0.5) is 0 Å². The van der Waals surface area contributed by atoms with Gasteiger partial charge in [-0.25, -0.2) is 4.79 Å². The largest absolute Gasteiger partial charge is 0.871 e. The third-order valence-corrected chi connectivity index (χ3v) is 2.28. The summed E-state index contributed by atoms with van der Waals surface area (Å²) in [6, 6.07) is 4.62. The zero-order valence-corrected chi connectivity index (χ0v) is 7.97. The monoisotopic (exact) mass is 219 g/mol. The summed E-state index contributed by atoms with van der Waals surface area (Å²) in [6.45, 7) is 0. The molecule has 0 aliphatic rings. The minimum atomic E-state index is -1.39. The molecule has 0 spiro atoms. The van der Waals surface area contributed by atoms with Crippen molar-refractivity contribution in [3.8, 4) is 17.2 Å². The lowest BCUT2D eigenvalue weighted by molar-refractivity contribution is -0.266. The molecule has 0 saturated heterocycles. The van der Waals surface area contributed by atoms with Crippen molar-refractivity contribution in [3.05, 3.63) is 29.8 Å². The normalized spacial score (nSPS) is 10.5. The molecule has 0 radical (unpaired) electrons. The first-order valence-electron chi connectivity index (χ1n) is 4.39. The Morgan fingerprint density at radius 1 is 1.12 bits per heavy atom. The zero-order chi connectivity index (χ0) is 11.9. The van der Waals surface area contributed by atoms with Crippen LogP contribution in [0.1, 0.15) is 10.4 Å². The van der Waals surface area contributed by atoms with Crippen molar-refractivity contribution in [1.82, 2.24) is 0 Å². The molecule has 0 bridgehead atoms. The maximum Gasteiger partial charge on any atom is 0.335 e. The van der Waals surface area contributed by atoms with Crippen molar-refractivity contribution >= 4 is 16.7 Å². The van der Waals surface area contributed by atoms with Crippen molar-refractivity contribution < 1.29 is 25.2 Å². The smallest absolute Gasteiger partial charge is 0.335 e. The molecule has 0 aliphatic heterocycles. The molecule has 0 aromatic heterocycles. The van der Waals surface area contributed by atoms with Gasteiger partial charge < -0.3 is 20.4 Å². The number of hydrogen-bond donors (Lipinski definition) is 3. The number of carboxylic acid groups (broad SMARTS) is 1. The molecule has 5 nitrogen and oxygen atoms in total. The molecule has 3 N–H and O–H groups in total. The number of rotatable bonds is 1. The third kappa shape index (κ3) is 1.38. The summed E-state index contributed by atoms with van der Waals surface area (Å²) < 4.78 is 0. The van der Waals surface area contributed by atoms with Crippen LogP contribution in [0, 0.1) is 0 Å². The van der Waals surface area contributed by atoms with E-state index in [9.17, 15) is 20.1 Å². The van der Waals surface area contributed by atoms with E-state index < -0.39 is 17.3 Å². The molecule has 2 aromatic carbocycles. The Kier molecular flexibility index (Phi) is 2.09. The van der Waals surface area contributed by atoms with Crippen molar-refractivity contribution in [2.24, 2.45) is 0 Å². The molecule has 2 rings (SSSR count). The van der Waals surface area contributed by atoms with Gasteiger partial charge in [-0.1, -0.05) is 11.8 Å². The summed E-state index contributed by atoms with van der Waals surface area (Å²) in [5.41, 5.74) is -0.490. The molecular weight excluding hydrogens is 212 g/mol. The second kappa shape index (κ2) is 3.30. The van der Waals surface area contributed by atoms with Crippen LogP contribution in [0.25, 0.3) is 10.8 Å². The van der Waals surface area contributed by atoms with E-state index >= 15 is 0 Å². The molecule has 0 saturated carbocycles. The average molecular weight is 219 g/mol. The lowest BCUT2D eigenvalue weighted by Gasteiger charge is -2.15. The van der Waals surface area contributed by atoms with Gasteiger partial charge >= 0.3 is 5.97 Å². The molecule has 0 aliphatic carbocycles. The van der Waals surface area contributed by atoms with E-state index in [1.165, 1.54) is 18.2 Å². The summed E-state index contributed by atoms with van der Waals surface area (Å²) in [4.78, 5) is 10.7. The summed E-state index contributed by atoms with van der Waals surface area (Å²) in [6.07, 6.45) is 0. The first kappa shape index (κ1) is 10.1. The number of fused-ring (bicyclic) bond motifs is 1. The van der Waals surface area contributed by atoms with Gasteiger partial charge in [0.15, 0.2) is 0 Å². The minimum absolute atomic E-state index is 0.0650. The second-order valence-electron chi connectivity index (χ2n) is 3.31. The second-order valence-corrected chi connectivity index (χ2v) is 3.31. The standard InChI is InChI=1S/C11H8O5/c12-5-1-2-6-7(3-5)9(13)4-8(10(6)14)11(15)16/h1-4,12-14H,(H,15,16)/p-1. The molecule has 82 valence electrons. The van der Waals surface area contributed by atoms with Crippen molar-refractivity contribution in [1.29, 1.82) is 0 Å². The van der Waals surface area contributed by atoms with E-state index in [0.717, 1.165) is 6.07 Å². The predicted molar refractivity (Wildman–Crippen MR) is 53.7 cm³/mol. The highest BCUT2D eigenvalue weighted by atomic mass is 16.4. The molecule has 16 heavy (non-hydrogen) atoms. The third-order valence-electron chi connectivity index (χ3n) is 2.28. The Balaban J connectivity index is 2.90. The van der Waals surface area contributed by atoms with Crippen molar-refractivity contribution in [2.45, 2.75) is 0 Å². The topological polar surface area (TPSA) is 101 Å². The quantitative estimate of drug-likeness (QED) is 0.664. The zero-order valence-electron chi connectivity index (χ0n) is 7.97. The fraction of sp³-hybridized carbons (Fsp3) is 0. The molecule has 0 atom stereocenters. The summed E-state index contributed by atoms with van der Waals surface area (Å²) in [5.74, 6) is -2.52. The number of carboxylic acids is 1. The van der Waals surface area contributed by atoms with Crippen LogP contribution in [0.15, 0.2) is 24.3 Å². The Morgan fingerprint density at radius 2 is 1.81 bits per heavy atom. The molecule has 0 heterocycles. The molecule has 0 unspecified atom stereocenters. The number of benzene rings is 2. The van der Waals surface area contributed by atoms with Gasteiger partial charge in [0, 0.05) is 5.39 Å². The van der Waals surface area contributed by atoms with E-state index in [-0.39, 0.29) is 22.3 Å². The van der Waals surface area contributed by atoms with Gasteiger partial charge in [-0.15, -0.1) is 0 Å². The summed E-state index contributed by atoms with van der Waals surface area (Å²) in [5, 5.41) is 39.3. The molecule has 0 amide bonds. The number of aromatic carboxylic acids is 1. The molecule has 2 aromatic rings. The van der Waals surface area contributed by atoms with Crippen LogP contribution >= 0.6 is 0 Å². The van der Waals surface area contributed by atoms with E-state index in [1.807, 2.05) is 0 Å². The number of hydrogen-bond acceptors (Lipinski definition) is 4. The highest BCUT2D eigenvalue weighted by molar-refractivity contribution is 6.03. The van der Waals surface area contributed by atoms with E-state index in [4.69, 9.17) is 5.11 Å². The summed E-state index contributed by atoms with van der Waals surface area (Å²) >= 11 is 0. The van der Waals surface area contributed by atoms with Crippen LogP contribution in [-0.4, -0.2) is 21.3 Å². The van der Waals surface area contributed by atoms with E-state index in [1.54, 1.807) is 0 Å². The van der Waals surface area contributed by atoms with Gasteiger partial charge in [0.2, 0.25) is 0 Å². The Morgan fingerprint density at radius 3 is 2.44 bits per heavy atom. The molecule has 5 heteroatoms. The maximum atomic E-state index is 11.7. The van der Waals surface area contributed by atoms with E-state index in [2.05, 4.69) is 0 Å². The first-order chi connectivity index (χ1) is 7.50. The van der Waals surface area contributed by atoms with Gasteiger partial charge in [0.05, 0.1) is 5.56 Å². The number of phenolic OH excluding ortho intramolecular Hbond substituents is 2. The van der Waals surface area contributed by atoms with Gasteiger partial charge in [0.1, 0.15) is 11.5 Å². The predicted octanol–water partition coefficient (Wildman–Crippen LogP) is 1.02. The van der Waals surface area contributed by atoms with Crippen LogP contribution in [0.2, 0.25) is 0 Å². The SMILES string of the molecule is O=C(O)c1cc(O)c2cc(O)ccc2c1[O-]. The van der Waals surface area contributed by atoms with Crippen molar-refractivity contribution in [3.63, 3.8) is 0 Å². The van der Waals surface area contributed by atoms with Crippen molar-refractivity contribution in [2.75, 3.05) is 0 Å².